The summed E-state index contributed by atoms with van der Waals surface area (Å²) in [6, 6.07) is 11.4. The largest absolute Gasteiger partial charge is 0.490 e. The second-order valence-corrected chi connectivity index (χ2v) is 7.71. The van der Waals surface area contributed by atoms with Crippen LogP contribution in [0, 0.1) is 17.1 Å². The van der Waals surface area contributed by atoms with Crippen LogP contribution < -0.4 is 14.8 Å². The summed E-state index contributed by atoms with van der Waals surface area (Å²) in [7, 11) is 0. The second-order valence-electron chi connectivity index (χ2n) is 7.31. The van der Waals surface area contributed by atoms with Gasteiger partial charge >= 0.3 is 0 Å². The first kappa shape index (κ1) is 22.6. The van der Waals surface area contributed by atoms with Crippen LogP contribution in [-0.4, -0.2) is 18.6 Å². The molecular weight excluding hydrogens is 419 g/mol. The van der Waals surface area contributed by atoms with Crippen LogP contribution in [0.15, 0.2) is 42.0 Å². The molecule has 2 aromatic carbocycles. The molecule has 7 heteroatoms. The molecule has 1 N–H and O–H groups in total. The molecule has 1 amide bonds. The van der Waals surface area contributed by atoms with Crippen LogP contribution in [0.4, 0.5) is 4.39 Å². The van der Waals surface area contributed by atoms with E-state index in [0.29, 0.717) is 29.2 Å². The SMILES string of the molecule is CCOc1cc(/C=C(/C#N)C(=O)NC2CCCC2)cc(Cl)c1OCc1cccc(F)c1. The zero-order valence-corrected chi connectivity index (χ0v) is 18.0. The van der Waals surface area contributed by atoms with Crippen molar-refractivity contribution in [1.82, 2.24) is 5.32 Å². The van der Waals surface area contributed by atoms with Crippen molar-refractivity contribution in [3.8, 4) is 17.6 Å². The second kappa shape index (κ2) is 10.8. The molecular formula is C24H24ClFN2O3. The van der Waals surface area contributed by atoms with Gasteiger partial charge in [-0.2, -0.15) is 5.26 Å². The zero-order valence-electron chi connectivity index (χ0n) is 17.3. The van der Waals surface area contributed by atoms with E-state index in [9.17, 15) is 14.4 Å². The summed E-state index contributed by atoms with van der Waals surface area (Å²) in [5.41, 5.74) is 1.20. The molecule has 1 aliphatic carbocycles. The summed E-state index contributed by atoms with van der Waals surface area (Å²) in [5.74, 6) is -0.0440. The number of nitrogens with zero attached hydrogens (tertiary/aromatic N) is 1. The summed E-state index contributed by atoms with van der Waals surface area (Å²) in [6.45, 7) is 2.30. The van der Waals surface area contributed by atoms with Gasteiger partial charge in [0.25, 0.3) is 5.91 Å². The molecule has 0 atom stereocenters. The van der Waals surface area contributed by atoms with Crippen molar-refractivity contribution in [3.63, 3.8) is 0 Å². The summed E-state index contributed by atoms with van der Waals surface area (Å²) < 4.78 is 24.9. The molecule has 31 heavy (non-hydrogen) atoms. The molecule has 1 fully saturated rings. The normalized spacial score (nSPS) is 14.2. The van der Waals surface area contributed by atoms with Gasteiger partial charge in [-0.05, 0) is 61.2 Å². The Morgan fingerprint density at radius 3 is 2.74 bits per heavy atom. The molecule has 0 heterocycles. The first-order chi connectivity index (χ1) is 15.0. The van der Waals surface area contributed by atoms with E-state index >= 15 is 0 Å². The van der Waals surface area contributed by atoms with Crippen molar-refractivity contribution >= 4 is 23.6 Å². The van der Waals surface area contributed by atoms with Gasteiger partial charge in [0, 0.05) is 6.04 Å². The van der Waals surface area contributed by atoms with Crippen molar-refractivity contribution in [2.45, 2.75) is 45.3 Å². The molecule has 1 saturated carbocycles. The topological polar surface area (TPSA) is 71.3 Å². The van der Waals surface area contributed by atoms with Crippen LogP contribution in [0.2, 0.25) is 5.02 Å². The van der Waals surface area contributed by atoms with Gasteiger partial charge in [-0.15, -0.1) is 0 Å². The molecule has 1 aliphatic rings. The van der Waals surface area contributed by atoms with E-state index in [0.717, 1.165) is 25.7 Å². The number of halogens is 2. The summed E-state index contributed by atoms with van der Waals surface area (Å²) in [4.78, 5) is 12.5. The quantitative estimate of drug-likeness (QED) is 0.437. The van der Waals surface area contributed by atoms with Gasteiger partial charge in [0.2, 0.25) is 0 Å². The van der Waals surface area contributed by atoms with E-state index in [1.807, 2.05) is 13.0 Å². The summed E-state index contributed by atoms with van der Waals surface area (Å²) in [6.07, 6.45) is 5.52. The summed E-state index contributed by atoms with van der Waals surface area (Å²) in [5, 5.41) is 12.6. The third kappa shape index (κ3) is 6.22. The van der Waals surface area contributed by atoms with Crippen molar-refractivity contribution in [1.29, 1.82) is 5.26 Å². The molecule has 2 aromatic rings. The minimum atomic E-state index is -0.394. The van der Waals surface area contributed by atoms with Crippen molar-refractivity contribution in [2.75, 3.05) is 6.61 Å². The maximum absolute atomic E-state index is 13.4. The maximum Gasteiger partial charge on any atom is 0.262 e. The van der Waals surface area contributed by atoms with Crippen molar-refractivity contribution in [2.24, 2.45) is 0 Å². The molecule has 0 saturated heterocycles. The first-order valence-electron chi connectivity index (χ1n) is 10.3. The van der Waals surface area contributed by atoms with E-state index in [1.165, 1.54) is 18.2 Å². The fourth-order valence-electron chi connectivity index (χ4n) is 3.51. The fourth-order valence-corrected chi connectivity index (χ4v) is 3.78. The lowest BCUT2D eigenvalue weighted by atomic mass is 10.1. The summed E-state index contributed by atoms with van der Waals surface area (Å²) >= 11 is 6.42. The van der Waals surface area contributed by atoms with Gasteiger partial charge in [-0.25, -0.2) is 4.39 Å². The Hall–Kier alpha value is -3.04. The van der Waals surface area contributed by atoms with Gasteiger partial charge in [0.15, 0.2) is 11.5 Å². The molecule has 3 rings (SSSR count). The lowest BCUT2D eigenvalue weighted by Crippen LogP contribution is -2.33. The van der Waals surface area contributed by atoms with Crippen LogP contribution in [0.1, 0.15) is 43.7 Å². The fraction of sp³-hybridized carbons (Fsp3) is 0.333. The number of amides is 1. The van der Waals surface area contributed by atoms with Gasteiger partial charge in [0.05, 0.1) is 11.6 Å². The average molecular weight is 443 g/mol. The Kier molecular flexibility index (Phi) is 7.91. The third-order valence-electron chi connectivity index (χ3n) is 4.97. The Morgan fingerprint density at radius 2 is 2.06 bits per heavy atom. The van der Waals surface area contributed by atoms with E-state index in [4.69, 9.17) is 21.1 Å². The van der Waals surface area contributed by atoms with E-state index in [2.05, 4.69) is 5.32 Å². The Bertz CT molecular complexity index is 1010. The molecule has 0 bridgehead atoms. The molecule has 0 aromatic heterocycles. The molecule has 0 aliphatic heterocycles. The van der Waals surface area contributed by atoms with Crippen molar-refractivity contribution < 1.29 is 18.7 Å². The number of carbonyl (C=O) groups excluding carboxylic acids is 1. The van der Waals surface area contributed by atoms with Crippen LogP contribution in [0.3, 0.4) is 0 Å². The predicted octanol–water partition coefficient (Wildman–Crippen LogP) is 5.42. The number of hydrogen-bond acceptors (Lipinski definition) is 4. The first-order valence-corrected chi connectivity index (χ1v) is 10.6. The van der Waals surface area contributed by atoms with E-state index < -0.39 is 5.91 Å². The Morgan fingerprint density at radius 1 is 1.29 bits per heavy atom. The molecule has 5 nitrogen and oxygen atoms in total. The number of rotatable bonds is 8. The Balaban J connectivity index is 1.81. The maximum atomic E-state index is 13.4. The van der Waals surface area contributed by atoms with Crippen LogP contribution in [0.5, 0.6) is 11.5 Å². The number of nitrogens with one attached hydrogen (secondary N) is 1. The number of benzene rings is 2. The minimum absolute atomic E-state index is 0.00107. The highest BCUT2D eigenvalue weighted by molar-refractivity contribution is 6.32. The predicted molar refractivity (Wildman–Crippen MR) is 117 cm³/mol. The highest BCUT2D eigenvalue weighted by atomic mass is 35.5. The van der Waals surface area contributed by atoms with Crippen LogP contribution in [0.25, 0.3) is 6.08 Å². The third-order valence-corrected chi connectivity index (χ3v) is 5.25. The number of carbonyl (C=O) groups is 1. The molecule has 0 radical (unpaired) electrons. The highest BCUT2D eigenvalue weighted by Crippen LogP contribution is 2.38. The molecule has 0 unspecified atom stereocenters. The average Bonchev–Trinajstić information content (AvgIpc) is 3.24. The van der Waals surface area contributed by atoms with Gasteiger partial charge in [0.1, 0.15) is 24.1 Å². The minimum Gasteiger partial charge on any atom is -0.490 e. The van der Waals surface area contributed by atoms with Gasteiger partial charge < -0.3 is 14.8 Å². The highest BCUT2D eigenvalue weighted by Gasteiger charge is 2.20. The van der Waals surface area contributed by atoms with Crippen molar-refractivity contribution in [3.05, 3.63) is 63.9 Å². The van der Waals surface area contributed by atoms with Crippen LogP contribution >= 0.6 is 11.6 Å². The lowest BCUT2D eigenvalue weighted by molar-refractivity contribution is -0.117. The number of nitriles is 1. The lowest BCUT2D eigenvalue weighted by Gasteiger charge is -2.15. The number of ether oxygens (including phenoxy) is 2. The zero-order chi connectivity index (χ0) is 22.2. The van der Waals surface area contributed by atoms with Crippen LogP contribution in [-0.2, 0) is 11.4 Å². The Labute approximate surface area is 186 Å². The number of hydrogen-bond donors (Lipinski definition) is 1. The smallest absolute Gasteiger partial charge is 0.262 e. The molecule has 162 valence electrons. The van der Waals surface area contributed by atoms with Gasteiger partial charge in [-0.3, -0.25) is 4.79 Å². The molecule has 0 spiro atoms. The standard InChI is InChI=1S/C24H24ClFN2O3/c1-2-30-22-13-17(10-18(14-27)24(29)28-20-8-3-4-9-20)12-21(25)23(22)31-15-16-6-5-7-19(26)11-16/h5-7,10-13,20H,2-4,8-9,15H2,1H3,(H,28,29)/b18-10-. The van der Waals surface area contributed by atoms with E-state index in [-0.39, 0.29) is 29.1 Å². The monoisotopic (exact) mass is 442 g/mol. The van der Waals surface area contributed by atoms with Gasteiger partial charge in [-0.1, -0.05) is 36.6 Å². The van der Waals surface area contributed by atoms with E-state index in [1.54, 1.807) is 24.3 Å².